The van der Waals surface area contributed by atoms with Crippen LogP contribution in [0.15, 0.2) is 12.3 Å². The van der Waals surface area contributed by atoms with Crippen molar-refractivity contribution < 1.29 is 4.39 Å². The SMILES string of the molecule is CCCC(CN)Nc1ncc(Cl)cc1F. The molecule has 5 heteroatoms. The maximum atomic E-state index is 13.3. The van der Waals surface area contributed by atoms with Crippen LogP contribution in [0.2, 0.25) is 5.02 Å². The lowest BCUT2D eigenvalue weighted by Gasteiger charge is -2.16. The summed E-state index contributed by atoms with van der Waals surface area (Å²) in [6, 6.07) is 1.29. The van der Waals surface area contributed by atoms with Crippen LogP contribution < -0.4 is 11.1 Å². The monoisotopic (exact) mass is 231 g/mol. The number of nitrogens with two attached hydrogens (primary N) is 1. The summed E-state index contributed by atoms with van der Waals surface area (Å²) in [5.41, 5.74) is 5.55. The molecule has 0 spiro atoms. The van der Waals surface area contributed by atoms with Gasteiger partial charge in [0.15, 0.2) is 11.6 Å². The van der Waals surface area contributed by atoms with Crippen LogP contribution in [-0.4, -0.2) is 17.6 Å². The zero-order valence-corrected chi connectivity index (χ0v) is 9.39. The second-order valence-corrected chi connectivity index (χ2v) is 3.79. The summed E-state index contributed by atoms with van der Waals surface area (Å²) in [7, 11) is 0. The van der Waals surface area contributed by atoms with Crippen molar-refractivity contribution in [2.45, 2.75) is 25.8 Å². The summed E-state index contributed by atoms with van der Waals surface area (Å²) < 4.78 is 13.3. The Kier molecular flexibility index (Phi) is 4.78. The van der Waals surface area contributed by atoms with Crippen molar-refractivity contribution in [2.75, 3.05) is 11.9 Å². The van der Waals surface area contributed by atoms with Crippen molar-refractivity contribution in [3.8, 4) is 0 Å². The molecule has 1 atom stereocenters. The third-order valence-corrected chi connectivity index (χ3v) is 2.28. The third-order valence-electron chi connectivity index (χ3n) is 2.07. The van der Waals surface area contributed by atoms with Gasteiger partial charge in [0.2, 0.25) is 0 Å². The molecule has 1 heterocycles. The average Bonchev–Trinajstić information content (AvgIpc) is 2.21. The molecular formula is C10H15ClFN3. The van der Waals surface area contributed by atoms with E-state index in [9.17, 15) is 4.39 Å². The Bertz CT molecular complexity index is 320. The van der Waals surface area contributed by atoms with Gasteiger partial charge in [0, 0.05) is 18.8 Å². The molecule has 0 aromatic carbocycles. The first-order valence-corrected chi connectivity index (χ1v) is 5.32. The van der Waals surface area contributed by atoms with E-state index in [4.69, 9.17) is 17.3 Å². The second kappa shape index (κ2) is 5.88. The molecule has 0 aliphatic rings. The molecule has 0 saturated carbocycles. The van der Waals surface area contributed by atoms with Gasteiger partial charge in [-0.2, -0.15) is 0 Å². The summed E-state index contributed by atoms with van der Waals surface area (Å²) in [5.74, 6) is -0.236. The molecular weight excluding hydrogens is 217 g/mol. The van der Waals surface area contributed by atoms with Crippen molar-refractivity contribution in [3.05, 3.63) is 23.1 Å². The quantitative estimate of drug-likeness (QED) is 0.818. The van der Waals surface area contributed by atoms with E-state index in [1.807, 2.05) is 0 Å². The van der Waals surface area contributed by atoms with Gasteiger partial charge in [-0.05, 0) is 12.5 Å². The predicted octanol–water partition coefficient (Wildman–Crippen LogP) is 2.41. The Balaban J connectivity index is 2.70. The number of anilines is 1. The van der Waals surface area contributed by atoms with Gasteiger partial charge in [-0.25, -0.2) is 9.37 Å². The van der Waals surface area contributed by atoms with Gasteiger partial charge in [-0.3, -0.25) is 0 Å². The molecule has 0 saturated heterocycles. The molecule has 0 aliphatic heterocycles. The topological polar surface area (TPSA) is 50.9 Å². The van der Waals surface area contributed by atoms with Crippen molar-refractivity contribution in [3.63, 3.8) is 0 Å². The summed E-state index contributed by atoms with van der Waals surface area (Å²) in [6.07, 6.45) is 3.29. The number of hydrogen-bond acceptors (Lipinski definition) is 3. The van der Waals surface area contributed by atoms with Crippen LogP contribution in [-0.2, 0) is 0 Å². The Morgan fingerprint density at radius 3 is 2.93 bits per heavy atom. The van der Waals surface area contributed by atoms with Crippen molar-refractivity contribution in [1.82, 2.24) is 4.98 Å². The Morgan fingerprint density at radius 1 is 1.67 bits per heavy atom. The number of rotatable bonds is 5. The van der Waals surface area contributed by atoms with Crippen molar-refractivity contribution in [1.29, 1.82) is 0 Å². The maximum absolute atomic E-state index is 13.3. The molecule has 0 aliphatic carbocycles. The molecule has 84 valence electrons. The smallest absolute Gasteiger partial charge is 0.166 e. The minimum absolute atomic E-state index is 0.0539. The normalized spacial score (nSPS) is 12.5. The summed E-state index contributed by atoms with van der Waals surface area (Å²) in [5, 5.41) is 3.25. The molecule has 1 rings (SSSR count). The van der Waals surface area contributed by atoms with Gasteiger partial charge in [0.1, 0.15) is 0 Å². The van der Waals surface area contributed by atoms with Crippen LogP contribution in [0.4, 0.5) is 10.2 Å². The number of aromatic nitrogens is 1. The minimum atomic E-state index is -0.447. The third kappa shape index (κ3) is 3.64. The van der Waals surface area contributed by atoms with E-state index in [1.54, 1.807) is 0 Å². The summed E-state index contributed by atoms with van der Waals surface area (Å²) in [4.78, 5) is 3.87. The lowest BCUT2D eigenvalue weighted by Crippen LogP contribution is -2.29. The van der Waals surface area contributed by atoms with Gasteiger partial charge in [-0.15, -0.1) is 0 Å². The van der Waals surface area contributed by atoms with Crippen molar-refractivity contribution in [2.24, 2.45) is 5.73 Å². The van der Waals surface area contributed by atoms with Gasteiger partial charge < -0.3 is 11.1 Å². The lowest BCUT2D eigenvalue weighted by atomic mass is 10.1. The Morgan fingerprint density at radius 2 is 2.40 bits per heavy atom. The van der Waals surface area contributed by atoms with Gasteiger partial charge >= 0.3 is 0 Å². The highest BCUT2D eigenvalue weighted by Gasteiger charge is 2.09. The fourth-order valence-corrected chi connectivity index (χ4v) is 1.46. The fourth-order valence-electron chi connectivity index (χ4n) is 1.31. The number of nitrogens with zero attached hydrogens (tertiary/aromatic N) is 1. The highest BCUT2D eigenvalue weighted by atomic mass is 35.5. The lowest BCUT2D eigenvalue weighted by molar-refractivity contribution is 0.604. The van der Waals surface area contributed by atoms with Crippen LogP contribution in [0.25, 0.3) is 0 Å². The van der Waals surface area contributed by atoms with Crippen LogP contribution in [0.5, 0.6) is 0 Å². The fraction of sp³-hybridized carbons (Fsp3) is 0.500. The minimum Gasteiger partial charge on any atom is -0.364 e. The number of nitrogens with one attached hydrogen (secondary N) is 1. The summed E-state index contributed by atoms with van der Waals surface area (Å²) in [6.45, 7) is 2.51. The first-order valence-electron chi connectivity index (χ1n) is 4.95. The van der Waals surface area contributed by atoms with Gasteiger partial charge in [-0.1, -0.05) is 24.9 Å². The van der Waals surface area contributed by atoms with E-state index < -0.39 is 5.82 Å². The van der Waals surface area contributed by atoms with E-state index in [0.717, 1.165) is 12.8 Å². The molecule has 0 radical (unpaired) electrons. The van der Waals surface area contributed by atoms with E-state index in [0.29, 0.717) is 6.54 Å². The molecule has 0 amide bonds. The summed E-state index contributed by atoms with van der Waals surface area (Å²) >= 11 is 5.59. The molecule has 0 bridgehead atoms. The van der Waals surface area contributed by atoms with Crippen LogP contribution in [0, 0.1) is 5.82 Å². The van der Waals surface area contributed by atoms with E-state index >= 15 is 0 Å². The van der Waals surface area contributed by atoms with E-state index in [2.05, 4.69) is 17.2 Å². The molecule has 3 N–H and O–H groups in total. The second-order valence-electron chi connectivity index (χ2n) is 3.35. The van der Waals surface area contributed by atoms with Crippen LogP contribution in [0.3, 0.4) is 0 Å². The zero-order chi connectivity index (χ0) is 11.3. The van der Waals surface area contributed by atoms with Crippen LogP contribution in [0.1, 0.15) is 19.8 Å². The molecule has 1 aromatic heterocycles. The predicted molar refractivity (Wildman–Crippen MR) is 60.6 cm³/mol. The number of pyridine rings is 1. The van der Waals surface area contributed by atoms with Gasteiger partial charge in [0.25, 0.3) is 0 Å². The molecule has 15 heavy (non-hydrogen) atoms. The standard InChI is InChI=1S/C10H15ClFN3/c1-2-3-8(5-13)15-10-9(12)4-7(11)6-14-10/h4,6,8H,2-3,5,13H2,1H3,(H,14,15). The number of hydrogen-bond donors (Lipinski definition) is 2. The first kappa shape index (κ1) is 12.2. The van der Waals surface area contributed by atoms with Crippen molar-refractivity contribution >= 4 is 17.4 Å². The zero-order valence-electron chi connectivity index (χ0n) is 8.63. The molecule has 1 unspecified atom stereocenters. The Labute approximate surface area is 93.8 Å². The molecule has 3 nitrogen and oxygen atoms in total. The Hall–Kier alpha value is -0.870. The van der Waals surface area contributed by atoms with E-state index in [-0.39, 0.29) is 16.9 Å². The van der Waals surface area contributed by atoms with Gasteiger partial charge in [0.05, 0.1) is 5.02 Å². The first-order chi connectivity index (χ1) is 7.17. The highest BCUT2D eigenvalue weighted by Crippen LogP contribution is 2.16. The largest absolute Gasteiger partial charge is 0.364 e. The molecule has 0 fully saturated rings. The maximum Gasteiger partial charge on any atom is 0.166 e. The van der Waals surface area contributed by atoms with E-state index in [1.165, 1.54) is 12.3 Å². The highest BCUT2D eigenvalue weighted by molar-refractivity contribution is 6.30. The average molecular weight is 232 g/mol. The van der Waals surface area contributed by atoms with Crippen LogP contribution >= 0.6 is 11.6 Å². The molecule has 1 aromatic rings. The number of halogens is 2.